The summed E-state index contributed by atoms with van der Waals surface area (Å²) in [6.45, 7) is 0.174. The summed E-state index contributed by atoms with van der Waals surface area (Å²) in [4.78, 5) is 23.2. The lowest BCUT2D eigenvalue weighted by Crippen LogP contribution is -2.30. The first kappa shape index (κ1) is 16.7. The Morgan fingerprint density at radius 3 is 2.35 bits per heavy atom. The first-order valence-electron chi connectivity index (χ1n) is 7.34. The molecule has 1 N–H and O–H groups in total. The molecule has 0 bridgehead atoms. The van der Waals surface area contributed by atoms with Crippen molar-refractivity contribution in [1.82, 2.24) is 5.32 Å². The maximum Gasteiger partial charge on any atom is 0.310 e. The molecule has 0 fully saturated rings. The van der Waals surface area contributed by atoms with Crippen molar-refractivity contribution in [3.05, 3.63) is 71.5 Å². The first-order chi connectivity index (χ1) is 11.1. The van der Waals surface area contributed by atoms with Gasteiger partial charge in [-0.15, -0.1) is 0 Å². The van der Waals surface area contributed by atoms with E-state index in [1.54, 1.807) is 0 Å². The maximum atomic E-state index is 12.7. The molecule has 1 amide bonds. The summed E-state index contributed by atoms with van der Waals surface area (Å²) in [6.07, 6.45) is 0.730. The van der Waals surface area contributed by atoms with Crippen LogP contribution in [0.4, 0.5) is 4.39 Å². The second-order valence-electron chi connectivity index (χ2n) is 5.05. The number of halogens is 1. The number of ether oxygens (including phenoxy) is 1. The Hall–Kier alpha value is -2.69. The van der Waals surface area contributed by atoms with Crippen LogP contribution < -0.4 is 5.32 Å². The number of hydrogen-bond acceptors (Lipinski definition) is 3. The van der Waals surface area contributed by atoms with Gasteiger partial charge < -0.3 is 10.1 Å². The van der Waals surface area contributed by atoms with Crippen molar-refractivity contribution in [2.75, 3.05) is 13.2 Å². The fourth-order valence-corrected chi connectivity index (χ4v) is 2.01. The summed E-state index contributed by atoms with van der Waals surface area (Å²) in [5, 5.41) is 2.69. The molecule has 0 aromatic heterocycles. The van der Waals surface area contributed by atoms with E-state index < -0.39 is 5.97 Å². The third-order valence-electron chi connectivity index (χ3n) is 3.20. The lowest BCUT2D eigenvalue weighted by molar-refractivity contribution is -0.147. The van der Waals surface area contributed by atoms with Crippen LogP contribution in [0.5, 0.6) is 0 Å². The molecule has 4 nitrogen and oxygen atoms in total. The monoisotopic (exact) mass is 315 g/mol. The van der Waals surface area contributed by atoms with Crippen LogP contribution in [-0.2, 0) is 27.2 Å². The van der Waals surface area contributed by atoms with E-state index in [1.165, 1.54) is 24.3 Å². The third-order valence-corrected chi connectivity index (χ3v) is 3.20. The molecule has 2 rings (SSSR count). The second-order valence-corrected chi connectivity index (χ2v) is 5.05. The fourth-order valence-electron chi connectivity index (χ4n) is 2.01. The number of carbonyl (C=O) groups is 2. The Bertz CT molecular complexity index is 641. The molecule has 0 aliphatic heterocycles. The van der Waals surface area contributed by atoms with Gasteiger partial charge in [-0.3, -0.25) is 9.59 Å². The van der Waals surface area contributed by atoms with Crippen molar-refractivity contribution in [1.29, 1.82) is 0 Å². The number of carbonyl (C=O) groups excluding carboxylic acids is 2. The zero-order valence-corrected chi connectivity index (χ0v) is 12.6. The average molecular weight is 315 g/mol. The highest BCUT2D eigenvalue weighted by Gasteiger charge is 2.08. The molecule has 0 atom stereocenters. The third kappa shape index (κ3) is 6.30. The van der Waals surface area contributed by atoms with Crippen LogP contribution in [-0.4, -0.2) is 25.0 Å². The van der Waals surface area contributed by atoms with E-state index in [-0.39, 0.29) is 24.8 Å². The number of hydrogen-bond donors (Lipinski definition) is 1. The van der Waals surface area contributed by atoms with E-state index in [1.807, 2.05) is 30.3 Å². The van der Waals surface area contributed by atoms with Gasteiger partial charge in [0.15, 0.2) is 6.61 Å². The van der Waals surface area contributed by atoms with Crippen LogP contribution in [0.1, 0.15) is 11.1 Å². The highest BCUT2D eigenvalue weighted by molar-refractivity contribution is 5.81. The highest BCUT2D eigenvalue weighted by atomic mass is 19.1. The summed E-state index contributed by atoms with van der Waals surface area (Å²) in [7, 11) is 0. The minimum atomic E-state index is -0.519. The van der Waals surface area contributed by atoms with Gasteiger partial charge in [0.1, 0.15) is 5.82 Å². The summed E-state index contributed by atoms with van der Waals surface area (Å²) >= 11 is 0. The summed E-state index contributed by atoms with van der Waals surface area (Å²) in [5.74, 6) is -1.22. The van der Waals surface area contributed by atoms with E-state index in [0.29, 0.717) is 12.1 Å². The second kappa shape index (κ2) is 8.68. The molecule has 0 unspecified atom stereocenters. The van der Waals surface area contributed by atoms with Crippen LogP contribution in [0, 0.1) is 5.82 Å². The van der Waals surface area contributed by atoms with Gasteiger partial charge in [-0.2, -0.15) is 0 Å². The maximum absolute atomic E-state index is 12.7. The van der Waals surface area contributed by atoms with E-state index >= 15 is 0 Å². The molecule has 23 heavy (non-hydrogen) atoms. The molecular weight excluding hydrogens is 297 g/mol. The molecule has 0 saturated carbocycles. The van der Waals surface area contributed by atoms with E-state index in [4.69, 9.17) is 4.74 Å². The van der Waals surface area contributed by atoms with Crippen molar-refractivity contribution < 1.29 is 18.7 Å². The normalized spacial score (nSPS) is 10.1. The average Bonchev–Trinajstić information content (AvgIpc) is 2.56. The summed E-state index contributed by atoms with van der Waals surface area (Å²) < 4.78 is 17.6. The van der Waals surface area contributed by atoms with Gasteiger partial charge in [-0.05, 0) is 29.7 Å². The number of esters is 1. The Labute approximate surface area is 134 Å². The molecule has 2 aromatic rings. The van der Waals surface area contributed by atoms with Crippen molar-refractivity contribution >= 4 is 11.9 Å². The number of nitrogens with one attached hydrogen (secondary N) is 1. The topological polar surface area (TPSA) is 55.4 Å². The van der Waals surface area contributed by atoms with Crippen molar-refractivity contribution in [2.24, 2.45) is 0 Å². The fraction of sp³-hybridized carbons (Fsp3) is 0.222. The molecule has 0 saturated heterocycles. The molecular formula is C18H18FNO3. The Morgan fingerprint density at radius 1 is 0.957 bits per heavy atom. The molecule has 2 aromatic carbocycles. The predicted octanol–water partition coefficient (Wildman–Crippen LogP) is 2.27. The van der Waals surface area contributed by atoms with Gasteiger partial charge in [-0.1, -0.05) is 42.5 Å². The Kier molecular flexibility index (Phi) is 6.29. The van der Waals surface area contributed by atoms with Crippen LogP contribution >= 0.6 is 0 Å². The van der Waals surface area contributed by atoms with Gasteiger partial charge in [0.2, 0.25) is 0 Å². The quantitative estimate of drug-likeness (QED) is 0.798. The van der Waals surface area contributed by atoms with Gasteiger partial charge in [0, 0.05) is 6.54 Å². The molecule has 120 valence electrons. The molecule has 0 aliphatic rings. The van der Waals surface area contributed by atoms with Crippen molar-refractivity contribution in [2.45, 2.75) is 12.8 Å². The highest BCUT2D eigenvalue weighted by Crippen LogP contribution is 2.04. The van der Waals surface area contributed by atoms with Gasteiger partial charge in [-0.25, -0.2) is 4.39 Å². The van der Waals surface area contributed by atoms with E-state index in [9.17, 15) is 14.0 Å². The summed E-state index contributed by atoms with van der Waals surface area (Å²) in [5.41, 5.74) is 1.77. The molecule has 0 spiro atoms. The van der Waals surface area contributed by atoms with Crippen LogP contribution in [0.2, 0.25) is 0 Å². The van der Waals surface area contributed by atoms with Gasteiger partial charge >= 0.3 is 5.97 Å². The van der Waals surface area contributed by atoms with Crippen LogP contribution in [0.15, 0.2) is 54.6 Å². The number of rotatable bonds is 7. The zero-order valence-electron chi connectivity index (χ0n) is 12.6. The Balaban J connectivity index is 1.63. The van der Waals surface area contributed by atoms with Crippen molar-refractivity contribution in [3.63, 3.8) is 0 Å². The van der Waals surface area contributed by atoms with Crippen molar-refractivity contribution in [3.8, 4) is 0 Å². The Morgan fingerprint density at radius 2 is 1.65 bits per heavy atom. The van der Waals surface area contributed by atoms with Crippen LogP contribution in [0.25, 0.3) is 0 Å². The molecule has 0 heterocycles. The lowest BCUT2D eigenvalue weighted by Gasteiger charge is -2.07. The summed E-state index contributed by atoms with van der Waals surface area (Å²) in [6, 6.07) is 15.3. The molecule has 0 aliphatic carbocycles. The minimum absolute atomic E-state index is 0.0115. The smallest absolute Gasteiger partial charge is 0.310 e. The molecule has 5 heteroatoms. The van der Waals surface area contributed by atoms with Gasteiger partial charge in [0.05, 0.1) is 6.42 Å². The van der Waals surface area contributed by atoms with Gasteiger partial charge in [0.25, 0.3) is 5.91 Å². The lowest BCUT2D eigenvalue weighted by atomic mass is 10.1. The number of amides is 1. The largest absolute Gasteiger partial charge is 0.455 e. The standard InChI is InChI=1S/C18H18FNO3/c19-16-8-6-15(7-9-16)12-18(22)23-13-17(21)20-11-10-14-4-2-1-3-5-14/h1-9H,10-13H2,(H,20,21). The SMILES string of the molecule is O=C(COC(=O)Cc1ccc(F)cc1)NCCc1ccccc1. The first-order valence-corrected chi connectivity index (χ1v) is 7.34. The zero-order chi connectivity index (χ0) is 16.5. The van der Waals surface area contributed by atoms with Crippen LogP contribution in [0.3, 0.4) is 0 Å². The van der Waals surface area contributed by atoms with E-state index in [0.717, 1.165) is 12.0 Å². The predicted molar refractivity (Wildman–Crippen MR) is 84.2 cm³/mol. The minimum Gasteiger partial charge on any atom is -0.455 e. The molecule has 0 radical (unpaired) electrons. The number of benzene rings is 2. The van der Waals surface area contributed by atoms with E-state index in [2.05, 4.69) is 5.32 Å².